The molecule has 0 unspecified atom stereocenters. The second kappa shape index (κ2) is 10.8. The zero-order valence-electron chi connectivity index (χ0n) is 18.7. The fraction of sp³-hybridized carbons (Fsp3) is 0.231. The minimum absolute atomic E-state index is 0.559. The van der Waals surface area contributed by atoms with E-state index in [1.807, 2.05) is 32.1 Å². The van der Waals surface area contributed by atoms with Crippen LogP contribution in [0.1, 0.15) is 26.3 Å². The maximum Gasteiger partial charge on any atom is 0.490 e. The van der Waals surface area contributed by atoms with Crippen LogP contribution < -0.4 is 15.6 Å². The number of rotatable bonds is 11. The highest BCUT2D eigenvalue weighted by Gasteiger charge is 2.52. The second-order valence-electron chi connectivity index (χ2n) is 7.24. The maximum atomic E-state index is 7.30. The molecule has 0 saturated carbocycles. The lowest BCUT2D eigenvalue weighted by Crippen LogP contribution is -2.74. The highest BCUT2D eigenvalue weighted by molar-refractivity contribution is 7.10. The van der Waals surface area contributed by atoms with Gasteiger partial charge in [0.25, 0.3) is 8.32 Å². The summed E-state index contributed by atoms with van der Waals surface area (Å²) in [6, 6.07) is 30.4. The summed E-state index contributed by atoms with van der Waals surface area (Å²) in [7, 11) is -5.85. The molecule has 0 heterocycles. The smallest absolute Gasteiger partial charge is 0.403 e. The van der Waals surface area contributed by atoms with Gasteiger partial charge in [-0.25, -0.2) is 0 Å². The predicted molar refractivity (Wildman–Crippen MR) is 135 cm³/mol. The Kier molecular flexibility index (Phi) is 8.17. The van der Waals surface area contributed by atoms with Crippen molar-refractivity contribution in [1.29, 1.82) is 0 Å². The van der Waals surface area contributed by atoms with Crippen LogP contribution in [-0.2, 0) is 13.0 Å². The van der Waals surface area contributed by atoms with Crippen LogP contribution in [-0.4, -0.2) is 30.3 Å². The van der Waals surface area contributed by atoms with Crippen molar-refractivity contribution in [2.24, 2.45) is 0 Å². The Bertz CT molecular complexity index is 898. The van der Waals surface area contributed by atoms with Gasteiger partial charge in [-0.15, -0.1) is 0 Å². The molecule has 3 rings (SSSR count). The van der Waals surface area contributed by atoms with E-state index in [-0.39, 0.29) is 0 Å². The molecule has 0 bridgehead atoms. The second-order valence-corrected chi connectivity index (χ2v) is 13.8. The molecule has 0 spiro atoms. The van der Waals surface area contributed by atoms with Crippen molar-refractivity contribution in [3.8, 4) is 0 Å². The molecule has 0 aliphatic rings. The minimum atomic E-state index is -2.93. The molecule has 0 N–H and O–H groups in total. The molecule has 3 aromatic carbocycles. The lowest BCUT2D eigenvalue weighted by molar-refractivity contribution is 0.117. The molecule has 5 heteroatoms. The van der Waals surface area contributed by atoms with Gasteiger partial charge in [0.1, 0.15) is 0 Å². The first-order valence-electron chi connectivity index (χ1n) is 11.0. The van der Waals surface area contributed by atoms with Crippen molar-refractivity contribution in [2.45, 2.75) is 26.8 Å². The van der Waals surface area contributed by atoms with Gasteiger partial charge in [0.05, 0.1) is 0 Å². The standard InChI is InChI=1S/C26H32O3Si2/c1-5-23-19-21-26(22-20-23)31(24-15-11-9-12-16-24,25-17-13-10-14-18-25)29-30(8-4,27-6-2)28-7-3/h5,9-22H,1,6-8H2,2-4H3. The zero-order chi connectivity index (χ0) is 22.2. The lowest BCUT2D eigenvalue weighted by atomic mass is 10.2. The van der Waals surface area contributed by atoms with Gasteiger partial charge in [-0.05, 0) is 35.0 Å². The van der Waals surface area contributed by atoms with Gasteiger partial charge < -0.3 is 13.0 Å². The summed E-state index contributed by atoms with van der Waals surface area (Å²) in [5.41, 5.74) is 1.08. The first-order chi connectivity index (χ1) is 15.1. The van der Waals surface area contributed by atoms with Gasteiger partial charge in [-0.1, -0.05) is 105 Å². The van der Waals surface area contributed by atoms with Crippen LogP contribution in [0.2, 0.25) is 6.04 Å². The highest BCUT2D eigenvalue weighted by Crippen LogP contribution is 2.22. The Morgan fingerprint density at radius 2 is 1.13 bits per heavy atom. The molecule has 0 aromatic heterocycles. The quantitative estimate of drug-likeness (QED) is 0.322. The first-order valence-corrected chi connectivity index (χ1v) is 14.8. The fourth-order valence-corrected chi connectivity index (χ4v) is 12.6. The maximum absolute atomic E-state index is 7.30. The molecule has 31 heavy (non-hydrogen) atoms. The molecule has 0 amide bonds. The van der Waals surface area contributed by atoms with Gasteiger partial charge in [-0.2, -0.15) is 0 Å². The van der Waals surface area contributed by atoms with Crippen molar-refractivity contribution in [3.63, 3.8) is 0 Å². The molecule has 3 aromatic rings. The minimum Gasteiger partial charge on any atom is -0.403 e. The summed E-state index contributed by atoms with van der Waals surface area (Å²) in [5, 5.41) is 3.52. The Morgan fingerprint density at radius 3 is 1.52 bits per heavy atom. The molecule has 0 saturated heterocycles. The molecule has 0 aliphatic heterocycles. The van der Waals surface area contributed by atoms with Crippen molar-refractivity contribution in [2.75, 3.05) is 13.2 Å². The fourth-order valence-electron chi connectivity index (χ4n) is 3.93. The van der Waals surface area contributed by atoms with Crippen molar-refractivity contribution in [1.82, 2.24) is 0 Å². The number of hydrogen-bond acceptors (Lipinski definition) is 3. The normalized spacial score (nSPS) is 12.0. The van der Waals surface area contributed by atoms with Gasteiger partial charge in [-0.3, -0.25) is 0 Å². The topological polar surface area (TPSA) is 27.7 Å². The van der Waals surface area contributed by atoms with Crippen molar-refractivity contribution < 1.29 is 13.0 Å². The number of benzene rings is 3. The van der Waals surface area contributed by atoms with E-state index < -0.39 is 17.1 Å². The Hall–Kier alpha value is -2.29. The summed E-state index contributed by atoms with van der Waals surface area (Å²) in [6.45, 7) is 11.1. The molecule has 0 aliphatic carbocycles. The highest BCUT2D eigenvalue weighted by atomic mass is 28.5. The van der Waals surface area contributed by atoms with E-state index >= 15 is 0 Å². The van der Waals surface area contributed by atoms with Crippen LogP contribution in [0.5, 0.6) is 0 Å². The molecular weight excluding hydrogens is 416 g/mol. The van der Waals surface area contributed by atoms with Gasteiger partial charge in [0.2, 0.25) is 0 Å². The molecular formula is C26H32O3Si2. The summed E-state index contributed by atoms with van der Waals surface area (Å²) in [6.07, 6.45) is 1.87. The van der Waals surface area contributed by atoms with E-state index in [2.05, 4.69) is 86.3 Å². The molecule has 0 radical (unpaired) electrons. The third-order valence-corrected chi connectivity index (χ3v) is 13.6. The zero-order valence-corrected chi connectivity index (χ0v) is 20.7. The third-order valence-electron chi connectivity index (χ3n) is 5.38. The van der Waals surface area contributed by atoms with Gasteiger partial charge >= 0.3 is 8.80 Å². The van der Waals surface area contributed by atoms with Crippen molar-refractivity contribution >= 4 is 38.8 Å². The van der Waals surface area contributed by atoms with Crippen LogP contribution in [0.15, 0.2) is 91.5 Å². The van der Waals surface area contributed by atoms with Crippen LogP contribution in [0, 0.1) is 0 Å². The average Bonchev–Trinajstić information content (AvgIpc) is 2.84. The van der Waals surface area contributed by atoms with E-state index in [1.54, 1.807) is 0 Å². The Labute approximate surface area is 188 Å². The van der Waals surface area contributed by atoms with Crippen LogP contribution in [0.25, 0.3) is 6.08 Å². The number of hydrogen-bond donors (Lipinski definition) is 0. The van der Waals surface area contributed by atoms with E-state index in [0.717, 1.165) is 5.56 Å². The van der Waals surface area contributed by atoms with E-state index in [1.165, 1.54) is 15.6 Å². The van der Waals surface area contributed by atoms with E-state index in [0.29, 0.717) is 19.3 Å². The molecule has 0 atom stereocenters. The molecule has 162 valence electrons. The summed E-state index contributed by atoms with van der Waals surface area (Å²) in [4.78, 5) is 0. The van der Waals surface area contributed by atoms with Crippen LogP contribution in [0.4, 0.5) is 0 Å². The Balaban J connectivity index is 2.32. The van der Waals surface area contributed by atoms with E-state index in [4.69, 9.17) is 13.0 Å². The largest absolute Gasteiger partial charge is 0.490 e. The van der Waals surface area contributed by atoms with E-state index in [9.17, 15) is 0 Å². The summed E-state index contributed by atoms with van der Waals surface area (Å²) < 4.78 is 19.9. The summed E-state index contributed by atoms with van der Waals surface area (Å²) in [5.74, 6) is 0. The summed E-state index contributed by atoms with van der Waals surface area (Å²) >= 11 is 0. The van der Waals surface area contributed by atoms with Crippen molar-refractivity contribution in [3.05, 3.63) is 97.1 Å². The monoisotopic (exact) mass is 448 g/mol. The first kappa shape index (κ1) is 23.4. The molecule has 0 fully saturated rings. The molecule has 3 nitrogen and oxygen atoms in total. The van der Waals surface area contributed by atoms with Gasteiger partial charge in [0, 0.05) is 19.3 Å². The lowest BCUT2D eigenvalue weighted by Gasteiger charge is -2.40. The predicted octanol–water partition coefficient (Wildman–Crippen LogP) is 4.34. The third kappa shape index (κ3) is 4.97. The van der Waals surface area contributed by atoms with Gasteiger partial charge in [0.15, 0.2) is 0 Å². The van der Waals surface area contributed by atoms with Crippen LogP contribution in [0.3, 0.4) is 0 Å². The SMILES string of the molecule is C=Cc1ccc([Si](O[Si](CC)(OCC)OCC)(c2ccccc2)c2ccccc2)cc1. The average molecular weight is 449 g/mol. The van der Waals surface area contributed by atoms with Crippen LogP contribution >= 0.6 is 0 Å². The Morgan fingerprint density at radius 1 is 0.677 bits per heavy atom.